The van der Waals surface area contributed by atoms with Crippen LogP contribution in [0.3, 0.4) is 0 Å². The SMILES string of the molecule is Cc1ccc(C)c2c1c(C(=O)C(=O)O)c(C)n2C. The van der Waals surface area contributed by atoms with Crippen LogP contribution in [0.4, 0.5) is 0 Å². The molecule has 0 amide bonds. The molecule has 4 heteroatoms. The maximum atomic E-state index is 11.8. The molecule has 0 atom stereocenters. The molecule has 1 aromatic heterocycles. The van der Waals surface area contributed by atoms with Gasteiger partial charge >= 0.3 is 5.97 Å². The van der Waals surface area contributed by atoms with Crippen molar-refractivity contribution in [2.45, 2.75) is 20.8 Å². The summed E-state index contributed by atoms with van der Waals surface area (Å²) in [5.41, 5.74) is 3.88. The molecule has 0 bridgehead atoms. The second kappa shape index (κ2) is 3.98. The van der Waals surface area contributed by atoms with Gasteiger partial charge in [-0.15, -0.1) is 0 Å². The lowest BCUT2D eigenvalue weighted by atomic mass is 10.0. The average molecular weight is 245 g/mol. The van der Waals surface area contributed by atoms with Gasteiger partial charge in [-0.05, 0) is 31.9 Å². The van der Waals surface area contributed by atoms with Crippen LogP contribution in [-0.2, 0) is 11.8 Å². The molecule has 0 aliphatic rings. The Morgan fingerprint density at radius 3 is 2.22 bits per heavy atom. The van der Waals surface area contributed by atoms with E-state index in [2.05, 4.69) is 0 Å². The number of nitrogens with zero attached hydrogens (tertiary/aromatic N) is 1. The third-order valence-corrected chi connectivity index (χ3v) is 3.46. The molecule has 0 aliphatic heterocycles. The first-order chi connectivity index (χ1) is 8.36. The van der Waals surface area contributed by atoms with E-state index >= 15 is 0 Å². The number of carboxylic acid groups (broad SMARTS) is 1. The number of aliphatic carboxylic acids is 1. The number of ketones is 1. The molecule has 0 fully saturated rings. The highest BCUT2D eigenvalue weighted by Gasteiger charge is 2.25. The number of aryl methyl sites for hydroxylation is 3. The Balaban J connectivity index is 2.99. The van der Waals surface area contributed by atoms with Gasteiger partial charge in [0, 0.05) is 18.1 Å². The van der Waals surface area contributed by atoms with E-state index in [1.807, 2.05) is 37.6 Å². The molecule has 94 valence electrons. The molecule has 0 spiro atoms. The van der Waals surface area contributed by atoms with E-state index in [1.54, 1.807) is 6.92 Å². The maximum Gasteiger partial charge on any atom is 0.377 e. The Bertz CT molecular complexity index is 680. The van der Waals surface area contributed by atoms with Crippen LogP contribution in [0.15, 0.2) is 12.1 Å². The van der Waals surface area contributed by atoms with Crippen molar-refractivity contribution in [1.82, 2.24) is 4.57 Å². The van der Waals surface area contributed by atoms with E-state index in [1.165, 1.54) is 0 Å². The van der Waals surface area contributed by atoms with Crippen molar-refractivity contribution in [3.63, 3.8) is 0 Å². The zero-order valence-corrected chi connectivity index (χ0v) is 10.9. The monoisotopic (exact) mass is 245 g/mol. The molecule has 0 saturated carbocycles. The van der Waals surface area contributed by atoms with Gasteiger partial charge in [0.15, 0.2) is 0 Å². The molecule has 18 heavy (non-hydrogen) atoms. The highest BCUT2D eigenvalue weighted by molar-refractivity contribution is 6.42. The fraction of sp³-hybridized carbons (Fsp3) is 0.286. The molecular formula is C14H15NO3. The topological polar surface area (TPSA) is 59.3 Å². The van der Waals surface area contributed by atoms with Crippen LogP contribution in [0.5, 0.6) is 0 Å². The number of fused-ring (bicyclic) bond motifs is 1. The fourth-order valence-electron chi connectivity index (χ4n) is 2.45. The van der Waals surface area contributed by atoms with E-state index < -0.39 is 11.8 Å². The molecule has 0 unspecified atom stereocenters. The molecule has 0 saturated heterocycles. The van der Waals surface area contributed by atoms with Gasteiger partial charge in [0.25, 0.3) is 5.78 Å². The number of carbonyl (C=O) groups is 2. The third-order valence-electron chi connectivity index (χ3n) is 3.46. The van der Waals surface area contributed by atoms with Crippen molar-refractivity contribution in [1.29, 1.82) is 0 Å². The van der Waals surface area contributed by atoms with Crippen molar-refractivity contribution in [2.75, 3.05) is 0 Å². The number of carboxylic acids is 1. The summed E-state index contributed by atoms with van der Waals surface area (Å²) < 4.78 is 1.88. The van der Waals surface area contributed by atoms with Crippen molar-refractivity contribution < 1.29 is 14.7 Å². The minimum Gasteiger partial charge on any atom is -0.475 e. The minimum absolute atomic E-state index is 0.307. The van der Waals surface area contributed by atoms with E-state index in [0.29, 0.717) is 11.3 Å². The Morgan fingerprint density at radius 2 is 1.67 bits per heavy atom. The summed E-state index contributed by atoms with van der Waals surface area (Å²) in [6.45, 7) is 5.62. The van der Waals surface area contributed by atoms with Crippen LogP contribution in [0.25, 0.3) is 10.9 Å². The lowest BCUT2D eigenvalue weighted by Crippen LogP contribution is -2.14. The molecule has 2 aromatic rings. The molecule has 0 radical (unpaired) electrons. The van der Waals surface area contributed by atoms with Gasteiger partial charge < -0.3 is 9.67 Å². The number of carbonyl (C=O) groups excluding carboxylic acids is 1. The first-order valence-corrected chi connectivity index (χ1v) is 5.69. The zero-order valence-electron chi connectivity index (χ0n) is 10.9. The Labute approximate surface area is 105 Å². The summed E-state index contributed by atoms with van der Waals surface area (Å²) >= 11 is 0. The Morgan fingerprint density at radius 1 is 1.11 bits per heavy atom. The highest BCUT2D eigenvalue weighted by atomic mass is 16.4. The predicted molar refractivity (Wildman–Crippen MR) is 69.1 cm³/mol. The molecule has 0 aliphatic carbocycles. The highest BCUT2D eigenvalue weighted by Crippen LogP contribution is 2.30. The Kier molecular flexibility index (Phi) is 2.73. The molecule has 2 rings (SSSR count). The van der Waals surface area contributed by atoms with Gasteiger partial charge in [-0.25, -0.2) is 4.79 Å². The number of benzene rings is 1. The normalized spacial score (nSPS) is 10.9. The van der Waals surface area contributed by atoms with Crippen LogP contribution in [0, 0.1) is 20.8 Å². The van der Waals surface area contributed by atoms with E-state index in [4.69, 9.17) is 5.11 Å². The van der Waals surface area contributed by atoms with Crippen LogP contribution in [0.2, 0.25) is 0 Å². The summed E-state index contributed by atoms with van der Waals surface area (Å²) in [7, 11) is 1.85. The van der Waals surface area contributed by atoms with E-state index in [0.717, 1.165) is 22.0 Å². The molecule has 1 N–H and O–H groups in total. The number of hydrogen-bond donors (Lipinski definition) is 1. The molecular weight excluding hydrogens is 230 g/mol. The summed E-state index contributed by atoms with van der Waals surface area (Å²) in [6.07, 6.45) is 0. The standard InChI is InChI=1S/C14H15NO3/c1-7-5-6-8(2)12-10(7)11(9(3)15(12)4)13(16)14(17)18/h5-6H,1-4H3,(H,17,18). The van der Waals surface area contributed by atoms with Crippen LogP contribution < -0.4 is 0 Å². The largest absolute Gasteiger partial charge is 0.475 e. The van der Waals surface area contributed by atoms with Gasteiger partial charge in [0.05, 0.1) is 11.1 Å². The summed E-state index contributed by atoms with van der Waals surface area (Å²) in [4.78, 5) is 22.8. The van der Waals surface area contributed by atoms with E-state index in [-0.39, 0.29) is 0 Å². The summed E-state index contributed by atoms with van der Waals surface area (Å²) in [5, 5.41) is 9.68. The smallest absolute Gasteiger partial charge is 0.377 e. The maximum absolute atomic E-state index is 11.8. The molecule has 4 nitrogen and oxygen atoms in total. The zero-order chi connectivity index (χ0) is 13.6. The molecule has 1 heterocycles. The Hall–Kier alpha value is -2.10. The predicted octanol–water partition coefficient (Wildman–Crippen LogP) is 2.37. The fourth-order valence-corrected chi connectivity index (χ4v) is 2.45. The quantitative estimate of drug-likeness (QED) is 0.652. The van der Waals surface area contributed by atoms with Crippen molar-refractivity contribution in [3.05, 3.63) is 34.5 Å². The second-order valence-electron chi connectivity index (χ2n) is 4.58. The van der Waals surface area contributed by atoms with Gasteiger partial charge in [-0.2, -0.15) is 0 Å². The van der Waals surface area contributed by atoms with Gasteiger partial charge in [0.1, 0.15) is 0 Å². The number of rotatable bonds is 2. The van der Waals surface area contributed by atoms with Crippen LogP contribution in [0.1, 0.15) is 27.2 Å². The average Bonchev–Trinajstić information content (AvgIpc) is 2.58. The number of Topliss-reactive ketones (excluding diaryl/α,β-unsaturated/α-hetero) is 1. The van der Waals surface area contributed by atoms with Gasteiger partial charge in [-0.3, -0.25) is 4.79 Å². The van der Waals surface area contributed by atoms with Crippen LogP contribution >= 0.6 is 0 Å². The first-order valence-electron chi connectivity index (χ1n) is 5.69. The minimum atomic E-state index is -1.41. The summed E-state index contributed by atoms with van der Waals surface area (Å²) in [6, 6.07) is 3.89. The first kappa shape index (κ1) is 12.4. The number of aromatic nitrogens is 1. The lowest BCUT2D eigenvalue weighted by Gasteiger charge is -2.03. The van der Waals surface area contributed by atoms with Crippen molar-refractivity contribution >= 4 is 22.7 Å². The molecule has 1 aromatic carbocycles. The lowest BCUT2D eigenvalue weighted by molar-refractivity contribution is -0.131. The summed E-state index contributed by atoms with van der Waals surface area (Å²) in [5.74, 6) is -2.25. The van der Waals surface area contributed by atoms with E-state index in [9.17, 15) is 9.59 Å². The second-order valence-corrected chi connectivity index (χ2v) is 4.58. The van der Waals surface area contributed by atoms with Gasteiger partial charge in [0.2, 0.25) is 0 Å². The van der Waals surface area contributed by atoms with Gasteiger partial charge in [-0.1, -0.05) is 12.1 Å². The van der Waals surface area contributed by atoms with Crippen molar-refractivity contribution in [2.24, 2.45) is 7.05 Å². The number of hydrogen-bond acceptors (Lipinski definition) is 2. The van der Waals surface area contributed by atoms with Crippen LogP contribution in [-0.4, -0.2) is 21.4 Å². The third kappa shape index (κ3) is 1.53. The van der Waals surface area contributed by atoms with Crippen molar-refractivity contribution in [3.8, 4) is 0 Å².